The third-order valence-electron chi connectivity index (χ3n) is 3.28. The molecule has 0 radical (unpaired) electrons. The van der Waals surface area contributed by atoms with E-state index in [-0.39, 0.29) is 5.82 Å². The number of allylic oxidation sites excluding steroid dienone is 3. The van der Waals surface area contributed by atoms with Gasteiger partial charge < -0.3 is 9.64 Å². The predicted molar refractivity (Wildman–Crippen MR) is 84.0 cm³/mol. The molecule has 1 aromatic carbocycles. The van der Waals surface area contributed by atoms with Crippen LogP contribution in [0, 0.1) is 5.82 Å². The molecule has 1 aromatic rings. The Hall–Kier alpha value is -1.68. The van der Waals surface area contributed by atoms with Crippen molar-refractivity contribution in [1.82, 2.24) is 4.90 Å². The summed E-state index contributed by atoms with van der Waals surface area (Å²) < 4.78 is 19.9. The number of likely N-dealkylation sites (N-methyl/N-ethyl adjacent to an activating group) is 1. The Labute approximate surface area is 123 Å². The van der Waals surface area contributed by atoms with E-state index < -0.39 is 0 Å². The minimum atomic E-state index is -0.289. The summed E-state index contributed by atoms with van der Waals surface area (Å²) in [5.74, 6) is 0.754. The molecule has 0 bridgehead atoms. The largest absolute Gasteiger partial charge is 0.482 e. The molecule has 0 N–H and O–H groups in total. The molecule has 4 heteroatoms. The van der Waals surface area contributed by atoms with Crippen LogP contribution in [-0.2, 0) is 0 Å². The lowest BCUT2D eigenvalue weighted by molar-refractivity contribution is 0.387. The summed E-state index contributed by atoms with van der Waals surface area (Å²) in [4.78, 5) is 1.89. The second-order valence-corrected chi connectivity index (χ2v) is 5.38. The summed E-state index contributed by atoms with van der Waals surface area (Å²) in [7, 11) is 1.88. The van der Waals surface area contributed by atoms with Crippen LogP contribution < -0.4 is 4.74 Å². The zero-order chi connectivity index (χ0) is 14.7. The number of rotatable bonds is 4. The maximum absolute atomic E-state index is 14.3. The Morgan fingerprint density at radius 3 is 2.80 bits per heavy atom. The summed E-state index contributed by atoms with van der Waals surface area (Å²) in [6, 6.07) is 4.90. The molecule has 0 amide bonds. The minimum Gasteiger partial charge on any atom is -0.482 e. The summed E-state index contributed by atoms with van der Waals surface area (Å²) in [6.07, 6.45) is 5.79. The van der Waals surface area contributed by atoms with Crippen LogP contribution in [0.25, 0.3) is 5.70 Å². The Kier molecular flexibility index (Phi) is 4.55. The van der Waals surface area contributed by atoms with E-state index in [1.54, 1.807) is 23.9 Å². The first-order valence-corrected chi connectivity index (χ1v) is 7.68. The molecule has 2 nitrogen and oxygen atoms in total. The van der Waals surface area contributed by atoms with Crippen molar-refractivity contribution in [2.24, 2.45) is 0 Å². The predicted octanol–water partition coefficient (Wildman–Crippen LogP) is 4.27. The zero-order valence-corrected chi connectivity index (χ0v) is 12.8. The van der Waals surface area contributed by atoms with E-state index in [4.69, 9.17) is 4.74 Å². The smallest absolute Gasteiger partial charge is 0.136 e. The highest BCUT2D eigenvalue weighted by atomic mass is 32.2. The summed E-state index contributed by atoms with van der Waals surface area (Å²) in [5, 5.41) is 0. The first kappa shape index (κ1) is 14.7. The first-order chi connectivity index (χ1) is 9.56. The Morgan fingerprint density at radius 2 is 2.10 bits per heavy atom. The molecule has 106 valence electrons. The number of hydrogen-bond donors (Lipinski definition) is 0. The Morgan fingerprint density at radius 1 is 1.35 bits per heavy atom. The summed E-state index contributed by atoms with van der Waals surface area (Å²) >= 11 is 1.55. The maximum Gasteiger partial charge on any atom is 0.136 e. The quantitative estimate of drug-likeness (QED) is 0.769. The van der Waals surface area contributed by atoms with E-state index in [0.717, 1.165) is 17.0 Å². The SMILES string of the molecule is C=C1C(C)=CC=C(c2c(F)cccc2OCSC)N1C. The maximum atomic E-state index is 14.3. The van der Waals surface area contributed by atoms with Crippen molar-refractivity contribution in [2.75, 3.05) is 19.2 Å². The molecule has 0 aromatic heterocycles. The van der Waals surface area contributed by atoms with Crippen molar-refractivity contribution in [3.8, 4) is 5.75 Å². The van der Waals surface area contributed by atoms with Crippen molar-refractivity contribution in [1.29, 1.82) is 0 Å². The normalized spacial score (nSPS) is 15.0. The second-order valence-electron chi connectivity index (χ2n) is 4.57. The van der Waals surface area contributed by atoms with Gasteiger partial charge in [0.1, 0.15) is 17.5 Å². The molecule has 0 atom stereocenters. The van der Waals surface area contributed by atoms with E-state index >= 15 is 0 Å². The van der Waals surface area contributed by atoms with Crippen LogP contribution in [-0.4, -0.2) is 24.1 Å². The van der Waals surface area contributed by atoms with E-state index in [0.29, 0.717) is 17.3 Å². The van der Waals surface area contributed by atoms with E-state index in [9.17, 15) is 4.39 Å². The molecule has 1 heterocycles. The molecule has 1 aliphatic heterocycles. The van der Waals surface area contributed by atoms with Gasteiger partial charge in [0.2, 0.25) is 0 Å². The highest BCUT2D eigenvalue weighted by Gasteiger charge is 2.21. The minimum absolute atomic E-state index is 0.289. The van der Waals surface area contributed by atoms with Crippen LogP contribution in [0.5, 0.6) is 5.75 Å². The number of hydrogen-bond acceptors (Lipinski definition) is 3. The molecule has 1 aliphatic rings. The average Bonchev–Trinajstić information content (AvgIpc) is 2.44. The van der Waals surface area contributed by atoms with Gasteiger partial charge in [-0.2, -0.15) is 0 Å². The van der Waals surface area contributed by atoms with Gasteiger partial charge in [-0.05, 0) is 37.0 Å². The zero-order valence-electron chi connectivity index (χ0n) is 11.9. The average molecular weight is 291 g/mol. The van der Waals surface area contributed by atoms with E-state index in [1.807, 2.05) is 37.3 Å². The summed E-state index contributed by atoms with van der Waals surface area (Å²) in [5.41, 5.74) is 3.17. The number of ether oxygens (including phenoxy) is 1. The molecule has 0 unspecified atom stereocenters. The van der Waals surface area contributed by atoms with Gasteiger partial charge in [0, 0.05) is 12.7 Å². The third kappa shape index (κ3) is 2.75. The van der Waals surface area contributed by atoms with E-state index in [2.05, 4.69) is 6.58 Å². The lowest BCUT2D eigenvalue weighted by Gasteiger charge is -2.29. The van der Waals surface area contributed by atoms with Crippen LogP contribution in [0.2, 0.25) is 0 Å². The molecule has 20 heavy (non-hydrogen) atoms. The first-order valence-electron chi connectivity index (χ1n) is 6.28. The molecular formula is C16H18FNOS. The molecule has 2 rings (SSSR count). The van der Waals surface area contributed by atoms with Crippen LogP contribution in [0.3, 0.4) is 0 Å². The van der Waals surface area contributed by atoms with Gasteiger partial charge in [-0.25, -0.2) is 4.39 Å². The van der Waals surface area contributed by atoms with Gasteiger partial charge >= 0.3 is 0 Å². The lowest BCUT2D eigenvalue weighted by atomic mass is 10.0. The van der Waals surface area contributed by atoms with Gasteiger partial charge in [-0.1, -0.05) is 18.7 Å². The van der Waals surface area contributed by atoms with Gasteiger partial charge in [-0.3, -0.25) is 0 Å². The molecule has 0 spiro atoms. The lowest BCUT2D eigenvalue weighted by Crippen LogP contribution is -2.20. The molecule has 0 saturated carbocycles. The van der Waals surface area contributed by atoms with Crippen LogP contribution in [0.15, 0.2) is 48.2 Å². The van der Waals surface area contributed by atoms with Crippen molar-refractivity contribution in [3.05, 3.63) is 59.6 Å². The van der Waals surface area contributed by atoms with Crippen molar-refractivity contribution < 1.29 is 9.13 Å². The highest BCUT2D eigenvalue weighted by Crippen LogP contribution is 2.35. The second kappa shape index (κ2) is 6.18. The van der Waals surface area contributed by atoms with Crippen LogP contribution >= 0.6 is 11.8 Å². The monoisotopic (exact) mass is 291 g/mol. The molecule has 0 aliphatic carbocycles. The molecular weight excluding hydrogens is 273 g/mol. The summed E-state index contributed by atoms with van der Waals surface area (Å²) in [6.45, 7) is 6.01. The van der Waals surface area contributed by atoms with Crippen molar-refractivity contribution in [3.63, 3.8) is 0 Å². The highest BCUT2D eigenvalue weighted by molar-refractivity contribution is 7.98. The standard InChI is InChI=1S/C16H18FNOS/c1-11-8-9-14(18(3)12(11)2)16-13(17)6-5-7-15(16)19-10-20-4/h5-9H,2,10H2,1,3-4H3. The topological polar surface area (TPSA) is 12.5 Å². The number of benzene rings is 1. The van der Waals surface area contributed by atoms with Gasteiger partial charge in [-0.15, -0.1) is 11.8 Å². The Balaban J connectivity index is 2.49. The number of thioether (sulfide) groups is 1. The van der Waals surface area contributed by atoms with Crippen LogP contribution in [0.4, 0.5) is 4.39 Å². The number of halogens is 1. The molecule has 0 fully saturated rings. The van der Waals surface area contributed by atoms with Crippen molar-refractivity contribution >= 4 is 17.5 Å². The van der Waals surface area contributed by atoms with Gasteiger partial charge in [0.15, 0.2) is 0 Å². The fourth-order valence-corrected chi connectivity index (χ4v) is 2.31. The fourth-order valence-electron chi connectivity index (χ4n) is 2.07. The van der Waals surface area contributed by atoms with Crippen molar-refractivity contribution in [2.45, 2.75) is 6.92 Å². The molecule has 0 saturated heterocycles. The third-order valence-corrected chi connectivity index (χ3v) is 3.63. The fraction of sp³-hybridized carbons (Fsp3) is 0.250. The van der Waals surface area contributed by atoms with Gasteiger partial charge in [0.25, 0.3) is 0 Å². The van der Waals surface area contributed by atoms with Crippen LogP contribution in [0.1, 0.15) is 12.5 Å². The van der Waals surface area contributed by atoms with Gasteiger partial charge in [0.05, 0.1) is 11.3 Å². The Bertz CT molecular complexity index is 592. The van der Waals surface area contributed by atoms with E-state index in [1.165, 1.54) is 6.07 Å². The number of nitrogens with zero attached hydrogens (tertiary/aromatic N) is 1.